The molecule has 1 aliphatic rings. The van der Waals surface area contributed by atoms with Crippen molar-refractivity contribution in [2.75, 3.05) is 19.0 Å². The smallest absolute Gasteiger partial charge is 0.293 e. The number of halogens is 2. The van der Waals surface area contributed by atoms with Crippen LogP contribution in [0.4, 0.5) is 10.5 Å². The molecule has 3 aromatic carbocycles. The molecule has 10 heteroatoms. The van der Waals surface area contributed by atoms with Crippen molar-refractivity contribution in [2.45, 2.75) is 6.54 Å². The summed E-state index contributed by atoms with van der Waals surface area (Å²) in [6.45, 7) is -0.144. The minimum atomic E-state index is -0.409. The van der Waals surface area contributed by atoms with E-state index in [0.29, 0.717) is 16.3 Å². The number of methoxy groups -OCH3 is 1. The van der Waals surface area contributed by atoms with Crippen LogP contribution in [0.5, 0.6) is 11.5 Å². The van der Waals surface area contributed by atoms with Gasteiger partial charge in [0, 0.05) is 10.7 Å². The van der Waals surface area contributed by atoms with E-state index in [1.54, 1.807) is 66.7 Å². The van der Waals surface area contributed by atoms with Gasteiger partial charge in [0.2, 0.25) is 0 Å². The van der Waals surface area contributed by atoms with E-state index in [1.165, 1.54) is 12.0 Å². The summed E-state index contributed by atoms with van der Waals surface area (Å²) in [7, 11) is 1.44. The number of nitrogens with zero attached hydrogens (tertiary/aromatic N) is 1. The molecule has 3 amide bonds. The van der Waals surface area contributed by atoms with Crippen molar-refractivity contribution in [2.24, 2.45) is 0 Å². The summed E-state index contributed by atoms with van der Waals surface area (Å²) in [6.07, 6.45) is 1.56. The fraction of sp³-hybridized carbons (Fsp3) is 0.115. The van der Waals surface area contributed by atoms with Crippen molar-refractivity contribution in [1.82, 2.24) is 4.90 Å². The van der Waals surface area contributed by atoms with Crippen LogP contribution in [-0.4, -0.2) is 35.7 Å². The Balaban J connectivity index is 1.46. The van der Waals surface area contributed by atoms with Crippen LogP contribution in [-0.2, 0) is 16.1 Å². The van der Waals surface area contributed by atoms with Crippen molar-refractivity contribution in [1.29, 1.82) is 0 Å². The highest BCUT2D eigenvalue weighted by Crippen LogP contribution is 2.39. The number of anilines is 1. The molecule has 1 fully saturated rings. The number of carbonyl (C=O) groups is 3. The maximum Gasteiger partial charge on any atom is 0.293 e. The van der Waals surface area contributed by atoms with Crippen molar-refractivity contribution >= 4 is 63.8 Å². The molecule has 0 unspecified atom stereocenters. The first kappa shape index (κ1) is 25.6. The number of imide groups is 1. The van der Waals surface area contributed by atoms with Gasteiger partial charge in [0.25, 0.3) is 17.1 Å². The van der Waals surface area contributed by atoms with Gasteiger partial charge in [0.15, 0.2) is 18.1 Å². The highest BCUT2D eigenvalue weighted by molar-refractivity contribution is 8.18. The fourth-order valence-electron chi connectivity index (χ4n) is 3.38. The van der Waals surface area contributed by atoms with Crippen LogP contribution < -0.4 is 14.8 Å². The SMILES string of the molecule is COc1cc(/C=C2/SC(=O)N(Cc3ccc(Cl)cc3)C2=O)cc(Cl)c1OCC(=O)Nc1ccccc1. The number of hydrogen-bond donors (Lipinski definition) is 1. The van der Waals surface area contributed by atoms with Crippen LogP contribution in [0.1, 0.15) is 11.1 Å². The summed E-state index contributed by atoms with van der Waals surface area (Å²) in [5, 5.41) is 3.11. The fourth-order valence-corrected chi connectivity index (χ4v) is 4.62. The molecule has 1 heterocycles. The summed E-state index contributed by atoms with van der Waals surface area (Å²) >= 11 is 13.2. The summed E-state index contributed by atoms with van der Waals surface area (Å²) in [5.74, 6) is -0.303. The van der Waals surface area contributed by atoms with E-state index in [-0.39, 0.29) is 45.7 Å². The second kappa shape index (κ2) is 11.5. The van der Waals surface area contributed by atoms with Gasteiger partial charge in [-0.25, -0.2) is 0 Å². The Morgan fingerprint density at radius 1 is 1.06 bits per heavy atom. The second-order valence-electron chi connectivity index (χ2n) is 7.63. The summed E-state index contributed by atoms with van der Waals surface area (Å²) < 4.78 is 11.0. The monoisotopic (exact) mass is 542 g/mol. The number of carbonyl (C=O) groups excluding carboxylic acids is 3. The van der Waals surface area contributed by atoms with Gasteiger partial charge in [-0.3, -0.25) is 19.3 Å². The molecule has 0 radical (unpaired) electrons. The topological polar surface area (TPSA) is 84.9 Å². The van der Waals surface area contributed by atoms with E-state index in [1.807, 2.05) is 6.07 Å². The molecule has 36 heavy (non-hydrogen) atoms. The molecule has 3 aromatic rings. The summed E-state index contributed by atoms with van der Waals surface area (Å²) in [6, 6.07) is 19.1. The molecule has 1 aliphatic heterocycles. The molecule has 0 atom stereocenters. The van der Waals surface area contributed by atoms with E-state index in [0.717, 1.165) is 17.3 Å². The van der Waals surface area contributed by atoms with Crippen molar-refractivity contribution in [3.8, 4) is 11.5 Å². The Labute approximate surface area is 222 Å². The third-order valence-electron chi connectivity index (χ3n) is 5.08. The Morgan fingerprint density at radius 2 is 1.78 bits per heavy atom. The number of thioether (sulfide) groups is 1. The third-order valence-corrected chi connectivity index (χ3v) is 6.52. The summed E-state index contributed by atoms with van der Waals surface area (Å²) in [5.41, 5.74) is 1.96. The van der Waals surface area contributed by atoms with E-state index in [4.69, 9.17) is 32.7 Å². The van der Waals surface area contributed by atoms with Gasteiger partial charge in [-0.05, 0) is 65.4 Å². The lowest BCUT2D eigenvalue weighted by molar-refractivity contribution is -0.123. The predicted molar refractivity (Wildman–Crippen MR) is 142 cm³/mol. The molecule has 184 valence electrons. The number of benzene rings is 3. The average molecular weight is 543 g/mol. The molecule has 4 rings (SSSR count). The zero-order valence-corrected chi connectivity index (χ0v) is 21.3. The molecular weight excluding hydrogens is 523 g/mol. The van der Waals surface area contributed by atoms with Gasteiger partial charge < -0.3 is 14.8 Å². The zero-order chi connectivity index (χ0) is 25.7. The van der Waals surface area contributed by atoms with Gasteiger partial charge in [0.1, 0.15) is 0 Å². The van der Waals surface area contributed by atoms with E-state index >= 15 is 0 Å². The number of para-hydroxylation sites is 1. The molecule has 7 nitrogen and oxygen atoms in total. The summed E-state index contributed by atoms with van der Waals surface area (Å²) in [4.78, 5) is 39.0. The number of nitrogens with one attached hydrogen (secondary N) is 1. The molecule has 0 aromatic heterocycles. The quantitative estimate of drug-likeness (QED) is 0.338. The molecule has 0 aliphatic carbocycles. The van der Waals surface area contributed by atoms with Gasteiger partial charge in [-0.2, -0.15) is 0 Å². The maximum atomic E-state index is 12.9. The second-order valence-corrected chi connectivity index (χ2v) is 9.47. The van der Waals surface area contributed by atoms with Crippen LogP contribution in [0, 0.1) is 0 Å². The largest absolute Gasteiger partial charge is 0.493 e. The molecular formula is C26H20Cl2N2O5S. The molecule has 0 bridgehead atoms. The van der Waals surface area contributed by atoms with Crippen LogP contribution >= 0.6 is 35.0 Å². The highest BCUT2D eigenvalue weighted by atomic mass is 35.5. The van der Waals surface area contributed by atoms with E-state index in [9.17, 15) is 14.4 Å². The number of amides is 3. The van der Waals surface area contributed by atoms with Gasteiger partial charge in [0.05, 0.1) is 23.6 Å². The molecule has 1 saturated heterocycles. The van der Waals surface area contributed by atoms with E-state index < -0.39 is 5.91 Å². The lowest BCUT2D eigenvalue weighted by Crippen LogP contribution is -2.27. The van der Waals surface area contributed by atoms with Crippen molar-refractivity contribution in [3.63, 3.8) is 0 Å². The average Bonchev–Trinajstić information content (AvgIpc) is 3.12. The minimum absolute atomic E-state index is 0.140. The first-order valence-corrected chi connectivity index (χ1v) is 12.3. The van der Waals surface area contributed by atoms with Crippen LogP contribution in [0.25, 0.3) is 6.08 Å². The number of rotatable bonds is 8. The van der Waals surface area contributed by atoms with E-state index in [2.05, 4.69) is 5.32 Å². The third kappa shape index (κ3) is 6.20. The predicted octanol–water partition coefficient (Wildman–Crippen LogP) is 6.26. The lowest BCUT2D eigenvalue weighted by Gasteiger charge is -2.14. The Bertz CT molecular complexity index is 1330. The first-order chi connectivity index (χ1) is 17.3. The molecule has 1 N–H and O–H groups in total. The highest BCUT2D eigenvalue weighted by Gasteiger charge is 2.35. The van der Waals surface area contributed by atoms with Gasteiger partial charge in [-0.1, -0.05) is 53.5 Å². The number of hydrogen-bond acceptors (Lipinski definition) is 6. The van der Waals surface area contributed by atoms with Crippen molar-refractivity contribution < 1.29 is 23.9 Å². The standard InChI is InChI=1S/C26H20Cl2N2O5S/c1-34-21-12-17(11-20(28)24(21)35-15-23(31)29-19-5-3-2-4-6-19)13-22-25(32)30(26(33)36-22)14-16-7-9-18(27)10-8-16/h2-13H,14-15H2,1H3,(H,29,31)/b22-13+. The normalized spacial score (nSPS) is 14.3. The minimum Gasteiger partial charge on any atom is -0.493 e. The van der Waals surface area contributed by atoms with Crippen LogP contribution in [0.3, 0.4) is 0 Å². The first-order valence-electron chi connectivity index (χ1n) is 10.7. The lowest BCUT2D eigenvalue weighted by atomic mass is 10.1. The van der Waals surface area contributed by atoms with Crippen LogP contribution in [0.15, 0.2) is 71.6 Å². The number of ether oxygens (including phenoxy) is 2. The van der Waals surface area contributed by atoms with Gasteiger partial charge in [-0.15, -0.1) is 0 Å². The Hall–Kier alpha value is -3.46. The van der Waals surface area contributed by atoms with Gasteiger partial charge >= 0.3 is 0 Å². The van der Waals surface area contributed by atoms with Crippen LogP contribution in [0.2, 0.25) is 10.0 Å². The zero-order valence-electron chi connectivity index (χ0n) is 19.0. The molecule has 0 spiro atoms. The Morgan fingerprint density at radius 3 is 2.47 bits per heavy atom. The maximum absolute atomic E-state index is 12.9. The Kier molecular flexibility index (Phi) is 8.20. The van der Waals surface area contributed by atoms with Crippen molar-refractivity contribution in [3.05, 3.63) is 92.8 Å². The molecule has 0 saturated carbocycles.